The number of anilines is 2. The second-order valence-corrected chi connectivity index (χ2v) is 4.79. The fourth-order valence-corrected chi connectivity index (χ4v) is 2.48. The molecular formula is C17H16N2O2. The summed E-state index contributed by atoms with van der Waals surface area (Å²) in [6.45, 7) is 1.98. The van der Waals surface area contributed by atoms with E-state index in [2.05, 4.69) is 0 Å². The zero-order chi connectivity index (χ0) is 14.8. The fraction of sp³-hybridized carbons (Fsp3) is 0.118. The molecule has 0 bridgehead atoms. The van der Waals surface area contributed by atoms with Crippen molar-refractivity contribution in [3.63, 3.8) is 0 Å². The van der Waals surface area contributed by atoms with E-state index in [0.29, 0.717) is 0 Å². The van der Waals surface area contributed by atoms with E-state index in [1.165, 1.54) is 12.1 Å². The van der Waals surface area contributed by atoms with E-state index in [1.54, 1.807) is 6.20 Å². The summed E-state index contributed by atoms with van der Waals surface area (Å²) in [5.74, 6) is 0. The fourth-order valence-electron chi connectivity index (χ4n) is 2.48. The summed E-state index contributed by atoms with van der Waals surface area (Å²) in [4.78, 5) is 12.1. The van der Waals surface area contributed by atoms with Gasteiger partial charge in [0.15, 0.2) is 0 Å². The second kappa shape index (κ2) is 5.32. The molecule has 3 rings (SSSR count). The molecule has 2 aromatic carbocycles. The van der Waals surface area contributed by atoms with Crippen molar-refractivity contribution in [1.29, 1.82) is 0 Å². The molecule has 1 aliphatic rings. The Bertz CT molecular complexity index is 695. The minimum Gasteiger partial charge on any atom is -0.451 e. The Morgan fingerprint density at radius 2 is 1.67 bits per heavy atom. The van der Waals surface area contributed by atoms with Crippen LogP contribution in [0.3, 0.4) is 0 Å². The zero-order valence-corrected chi connectivity index (χ0v) is 12.0. The van der Waals surface area contributed by atoms with Crippen LogP contribution >= 0.6 is 0 Å². The van der Waals surface area contributed by atoms with Crippen molar-refractivity contribution in [2.75, 3.05) is 12.1 Å². The lowest BCUT2D eigenvalue weighted by Gasteiger charge is -2.37. The predicted molar refractivity (Wildman–Crippen MR) is 82.9 cm³/mol. The lowest BCUT2D eigenvalue weighted by atomic mass is 10.0. The van der Waals surface area contributed by atoms with E-state index in [-0.39, 0.29) is 0 Å². The molecular weight excluding hydrogens is 264 g/mol. The third-order valence-corrected chi connectivity index (χ3v) is 3.45. The molecule has 0 saturated carbocycles. The molecule has 0 radical (unpaired) electrons. The normalized spacial score (nSPS) is 13.5. The Kier molecular flexibility index (Phi) is 3.36. The highest BCUT2D eigenvalue weighted by atomic mass is 16.5. The maximum Gasteiger partial charge on any atom is 0.433 e. The molecule has 0 N–H and O–H groups in total. The van der Waals surface area contributed by atoms with Gasteiger partial charge < -0.3 is 4.74 Å². The van der Waals surface area contributed by atoms with Gasteiger partial charge in [0.2, 0.25) is 0 Å². The average Bonchev–Trinajstić information content (AvgIpc) is 2.55. The number of carbonyl (C=O) groups excluding carboxylic acids is 1. The van der Waals surface area contributed by atoms with Gasteiger partial charge in [0.25, 0.3) is 0 Å². The molecule has 1 aliphatic heterocycles. The number of methoxy groups -OCH3 is 1. The van der Waals surface area contributed by atoms with Gasteiger partial charge in [-0.2, -0.15) is 5.01 Å². The van der Waals surface area contributed by atoms with Gasteiger partial charge in [0.05, 0.1) is 18.5 Å². The van der Waals surface area contributed by atoms with Crippen LogP contribution in [0.1, 0.15) is 12.5 Å². The minimum atomic E-state index is -0.423. The van der Waals surface area contributed by atoms with Crippen molar-refractivity contribution in [3.05, 3.63) is 66.4 Å². The van der Waals surface area contributed by atoms with Gasteiger partial charge in [0, 0.05) is 11.8 Å². The number of hydrogen-bond acceptors (Lipinski definition) is 3. The minimum absolute atomic E-state index is 0.423. The second-order valence-electron chi connectivity index (χ2n) is 4.79. The first-order chi connectivity index (χ1) is 10.2. The number of fused-ring (bicyclic) bond motifs is 1. The maximum absolute atomic E-state index is 12.1. The summed E-state index contributed by atoms with van der Waals surface area (Å²) in [6.07, 6.45) is 1.37. The molecule has 0 atom stereocenters. The topological polar surface area (TPSA) is 32.8 Å². The molecule has 0 fully saturated rings. The Morgan fingerprint density at radius 1 is 1.00 bits per heavy atom. The molecule has 4 heteroatoms. The first kappa shape index (κ1) is 13.2. The molecule has 4 nitrogen and oxygen atoms in total. The van der Waals surface area contributed by atoms with Crippen LogP contribution in [0.4, 0.5) is 16.2 Å². The van der Waals surface area contributed by atoms with Crippen molar-refractivity contribution in [2.45, 2.75) is 6.92 Å². The van der Waals surface area contributed by atoms with Crippen LogP contribution in [-0.4, -0.2) is 18.2 Å². The van der Waals surface area contributed by atoms with Gasteiger partial charge in [-0.25, -0.2) is 9.80 Å². The van der Waals surface area contributed by atoms with Gasteiger partial charge in [0.1, 0.15) is 0 Å². The largest absolute Gasteiger partial charge is 0.451 e. The van der Waals surface area contributed by atoms with Gasteiger partial charge in [-0.3, -0.25) is 0 Å². The van der Waals surface area contributed by atoms with E-state index >= 15 is 0 Å². The summed E-state index contributed by atoms with van der Waals surface area (Å²) in [5.41, 5.74) is 3.97. The van der Waals surface area contributed by atoms with Crippen molar-refractivity contribution < 1.29 is 9.53 Å². The number of rotatable bonds is 1. The standard InChI is InChI=1S/C17H16N2O2/c1-13-12-18(17(20)21-2)19(14-8-4-3-5-9-14)16-11-7-6-10-15(13)16/h3-12H,1-2H3. The number of carbonyl (C=O) groups is 1. The van der Waals surface area contributed by atoms with Gasteiger partial charge >= 0.3 is 6.09 Å². The van der Waals surface area contributed by atoms with Crippen molar-refractivity contribution in [3.8, 4) is 0 Å². The molecule has 0 aromatic heterocycles. The van der Waals surface area contributed by atoms with E-state index in [4.69, 9.17) is 4.74 Å². The first-order valence-corrected chi connectivity index (χ1v) is 6.72. The number of hydrazine groups is 1. The summed E-state index contributed by atoms with van der Waals surface area (Å²) in [7, 11) is 1.38. The third-order valence-electron chi connectivity index (χ3n) is 3.45. The molecule has 0 saturated heterocycles. The zero-order valence-electron chi connectivity index (χ0n) is 12.0. The molecule has 0 spiro atoms. The van der Waals surface area contributed by atoms with Crippen LogP contribution < -0.4 is 5.01 Å². The van der Waals surface area contributed by atoms with E-state index in [1.807, 2.05) is 66.5 Å². The third kappa shape index (κ3) is 2.25. The number of nitrogens with zero attached hydrogens (tertiary/aromatic N) is 2. The van der Waals surface area contributed by atoms with E-state index in [9.17, 15) is 4.79 Å². The number of allylic oxidation sites excluding steroid dienone is 1. The highest BCUT2D eigenvalue weighted by Gasteiger charge is 2.28. The number of ether oxygens (including phenoxy) is 1. The van der Waals surface area contributed by atoms with Gasteiger partial charge in [-0.05, 0) is 30.7 Å². The molecule has 1 heterocycles. The smallest absolute Gasteiger partial charge is 0.433 e. The lowest BCUT2D eigenvalue weighted by molar-refractivity contribution is 0.140. The molecule has 21 heavy (non-hydrogen) atoms. The Labute approximate surface area is 123 Å². The van der Waals surface area contributed by atoms with Crippen LogP contribution in [-0.2, 0) is 4.74 Å². The average molecular weight is 280 g/mol. The summed E-state index contributed by atoms with van der Waals surface area (Å²) in [5, 5.41) is 3.35. The Morgan fingerprint density at radius 3 is 2.38 bits per heavy atom. The molecule has 106 valence electrons. The highest BCUT2D eigenvalue weighted by molar-refractivity contribution is 5.87. The van der Waals surface area contributed by atoms with Crippen LogP contribution in [0, 0.1) is 0 Å². The van der Waals surface area contributed by atoms with Crippen LogP contribution in [0.25, 0.3) is 5.57 Å². The predicted octanol–water partition coefficient (Wildman–Crippen LogP) is 4.18. The maximum atomic E-state index is 12.1. The first-order valence-electron chi connectivity index (χ1n) is 6.72. The molecule has 1 amide bonds. The summed E-state index contributed by atoms with van der Waals surface area (Å²) in [6, 6.07) is 17.7. The number of hydrogen-bond donors (Lipinski definition) is 0. The monoisotopic (exact) mass is 280 g/mol. The molecule has 2 aromatic rings. The number of para-hydroxylation sites is 2. The lowest BCUT2D eigenvalue weighted by Crippen LogP contribution is -2.42. The quantitative estimate of drug-likeness (QED) is 0.785. The van der Waals surface area contributed by atoms with Crippen molar-refractivity contribution >= 4 is 23.0 Å². The SMILES string of the molecule is COC(=O)N1C=C(C)c2ccccc2N1c1ccccc1. The van der Waals surface area contributed by atoms with Crippen LogP contribution in [0.2, 0.25) is 0 Å². The highest BCUT2D eigenvalue weighted by Crippen LogP contribution is 2.38. The molecule has 0 aliphatic carbocycles. The van der Waals surface area contributed by atoms with Crippen molar-refractivity contribution in [2.24, 2.45) is 0 Å². The summed E-state index contributed by atoms with van der Waals surface area (Å²) >= 11 is 0. The van der Waals surface area contributed by atoms with Crippen molar-refractivity contribution in [1.82, 2.24) is 5.01 Å². The van der Waals surface area contributed by atoms with E-state index in [0.717, 1.165) is 22.5 Å². The van der Waals surface area contributed by atoms with Gasteiger partial charge in [-0.1, -0.05) is 36.4 Å². The number of benzene rings is 2. The number of amides is 1. The summed E-state index contributed by atoms with van der Waals surface area (Å²) < 4.78 is 4.91. The Hall–Kier alpha value is -2.75. The van der Waals surface area contributed by atoms with Crippen LogP contribution in [0.5, 0.6) is 0 Å². The van der Waals surface area contributed by atoms with E-state index < -0.39 is 6.09 Å². The Balaban J connectivity index is 2.18. The molecule has 0 unspecified atom stereocenters. The van der Waals surface area contributed by atoms with Gasteiger partial charge in [-0.15, -0.1) is 0 Å². The van der Waals surface area contributed by atoms with Crippen LogP contribution in [0.15, 0.2) is 60.8 Å².